The summed E-state index contributed by atoms with van der Waals surface area (Å²) in [4.78, 5) is 33.4. The molecule has 37 heavy (non-hydrogen) atoms. The smallest absolute Gasteiger partial charge is 0.249 e. The van der Waals surface area contributed by atoms with Gasteiger partial charge in [0, 0.05) is 21.7 Å². The molecule has 0 saturated heterocycles. The molecule has 0 aliphatic rings. The topological polar surface area (TPSA) is 71.5 Å². The Morgan fingerprint density at radius 3 is 2.32 bits per heavy atom. The van der Waals surface area contributed by atoms with Crippen LogP contribution in [-0.2, 0) is 22.6 Å². The first-order valence-electron chi connectivity index (χ1n) is 11.8. The Hall–Kier alpha value is -3.68. The first-order valence-corrected chi connectivity index (χ1v) is 13.0. The molecule has 0 atom stereocenters. The van der Waals surface area contributed by atoms with Gasteiger partial charge in [-0.05, 0) is 55.8 Å². The molecular weight excluding hydrogens is 506 g/mol. The van der Waals surface area contributed by atoms with Crippen LogP contribution in [0.5, 0.6) is 5.75 Å². The van der Waals surface area contributed by atoms with E-state index < -0.39 is 5.54 Å². The molecule has 0 saturated carbocycles. The Labute approximate surface area is 225 Å². The van der Waals surface area contributed by atoms with Gasteiger partial charge in [0.05, 0.1) is 25.8 Å². The van der Waals surface area contributed by atoms with Crippen LogP contribution in [0.3, 0.4) is 0 Å². The van der Waals surface area contributed by atoms with Crippen molar-refractivity contribution in [2.75, 3.05) is 12.4 Å². The minimum Gasteiger partial charge on any atom is -0.497 e. The molecule has 1 N–H and O–H groups in total. The maximum absolute atomic E-state index is 13.6. The van der Waals surface area contributed by atoms with E-state index in [4.69, 9.17) is 21.3 Å². The van der Waals surface area contributed by atoms with Gasteiger partial charge in [-0.25, -0.2) is 4.98 Å². The van der Waals surface area contributed by atoms with Crippen molar-refractivity contribution in [1.29, 1.82) is 0 Å². The largest absolute Gasteiger partial charge is 0.497 e. The lowest BCUT2D eigenvalue weighted by Crippen LogP contribution is -2.55. The number of aromatic nitrogens is 1. The standard InChI is InChI=1S/C29H28ClN3O3S/c1-29(2,28(35)31-23-13-15-24(36-3)16-14-23)33(27(34)17-20-7-5-4-6-8-20)18-26-32-25(19-37-26)21-9-11-22(30)12-10-21/h4-16,19H,17-18H2,1-3H3,(H,31,35). The van der Waals surface area contributed by atoms with Crippen molar-refractivity contribution in [1.82, 2.24) is 9.88 Å². The van der Waals surface area contributed by atoms with Crippen LogP contribution in [0.2, 0.25) is 5.02 Å². The van der Waals surface area contributed by atoms with Crippen LogP contribution >= 0.6 is 22.9 Å². The molecule has 0 aliphatic carbocycles. The highest BCUT2D eigenvalue weighted by Gasteiger charge is 2.38. The molecule has 1 aromatic heterocycles. The normalized spacial score (nSPS) is 11.1. The second-order valence-electron chi connectivity index (χ2n) is 9.02. The molecule has 0 spiro atoms. The van der Waals surface area contributed by atoms with Crippen LogP contribution in [0.1, 0.15) is 24.4 Å². The number of carbonyl (C=O) groups excluding carboxylic acids is 2. The van der Waals surface area contributed by atoms with Crippen LogP contribution in [0.25, 0.3) is 11.3 Å². The highest BCUT2D eigenvalue weighted by molar-refractivity contribution is 7.09. The average molecular weight is 534 g/mol. The first kappa shape index (κ1) is 26.4. The molecule has 0 unspecified atom stereocenters. The zero-order chi connectivity index (χ0) is 26.4. The highest BCUT2D eigenvalue weighted by atomic mass is 35.5. The zero-order valence-electron chi connectivity index (χ0n) is 20.9. The van der Waals surface area contributed by atoms with Crippen LogP contribution < -0.4 is 10.1 Å². The van der Waals surface area contributed by atoms with Gasteiger partial charge in [0.15, 0.2) is 0 Å². The number of hydrogen-bond donors (Lipinski definition) is 1. The number of amides is 2. The van der Waals surface area contributed by atoms with Crippen LogP contribution in [-0.4, -0.2) is 34.3 Å². The minimum atomic E-state index is -1.15. The number of halogens is 1. The molecule has 1 heterocycles. The second kappa shape index (κ2) is 11.6. The number of benzene rings is 3. The lowest BCUT2D eigenvalue weighted by molar-refractivity contribution is -0.144. The lowest BCUT2D eigenvalue weighted by Gasteiger charge is -2.37. The predicted octanol–water partition coefficient (Wildman–Crippen LogP) is 6.46. The molecular formula is C29H28ClN3O3S. The van der Waals surface area contributed by atoms with E-state index in [1.807, 2.05) is 60.0 Å². The number of hydrogen-bond acceptors (Lipinski definition) is 5. The number of methoxy groups -OCH3 is 1. The number of thiazole rings is 1. The summed E-state index contributed by atoms with van der Waals surface area (Å²) in [6, 6.07) is 24.0. The minimum absolute atomic E-state index is 0.163. The van der Waals surface area contributed by atoms with Crippen molar-refractivity contribution in [3.05, 3.63) is 99.8 Å². The van der Waals surface area contributed by atoms with Gasteiger partial charge < -0.3 is 15.0 Å². The number of nitrogens with one attached hydrogen (secondary N) is 1. The third-order valence-corrected chi connectivity index (χ3v) is 7.15. The third-order valence-electron chi connectivity index (χ3n) is 6.06. The molecule has 0 bridgehead atoms. The summed E-state index contributed by atoms with van der Waals surface area (Å²) in [7, 11) is 1.59. The van der Waals surface area contributed by atoms with Gasteiger partial charge in [-0.2, -0.15) is 0 Å². The van der Waals surface area contributed by atoms with Crippen molar-refractivity contribution < 1.29 is 14.3 Å². The summed E-state index contributed by atoms with van der Waals surface area (Å²) in [6.45, 7) is 3.71. The van der Waals surface area contributed by atoms with Gasteiger partial charge in [-0.15, -0.1) is 11.3 Å². The summed E-state index contributed by atoms with van der Waals surface area (Å²) in [5.41, 5.74) is 2.08. The summed E-state index contributed by atoms with van der Waals surface area (Å²) in [5, 5.41) is 6.27. The summed E-state index contributed by atoms with van der Waals surface area (Å²) in [5.74, 6) is 0.232. The Morgan fingerprint density at radius 1 is 1.00 bits per heavy atom. The number of nitrogens with zero attached hydrogens (tertiary/aromatic N) is 2. The van der Waals surface area contributed by atoms with E-state index in [0.29, 0.717) is 16.5 Å². The van der Waals surface area contributed by atoms with E-state index in [1.165, 1.54) is 11.3 Å². The van der Waals surface area contributed by atoms with Gasteiger partial charge >= 0.3 is 0 Å². The maximum Gasteiger partial charge on any atom is 0.249 e. The van der Waals surface area contributed by atoms with Crippen molar-refractivity contribution >= 4 is 40.4 Å². The lowest BCUT2D eigenvalue weighted by atomic mass is 9.99. The number of carbonyl (C=O) groups is 2. The predicted molar refractivity (Wildman–Crippen MR) is 149 cm³/mol. The number of rotatable bonds is 9. The van der Waals surface area contributed by atoms with E-state index >= 15 is 0 Å². The molecule has 6 nitrogen and oxygen atoms in total. The van der Waals surface area contributed by atoms with E-state index in [0.717, 1.165) is 21.8 Å². The van der Waals surface area contributed by atoms with Gasteiger partial charge in [0.2, 0.25) is 11.8 Å². The van der Waals surface area contributed by atoms with Gasteiger partial charge in [-0.3, -0.25) is 9.59 Å². The van der Waals surface area contributed by atoms with E-state index in [-0.39, 0.29) is 24.8 Å². The van der Waals surface area contributed by atoms with Crippen molar-refractivity contribution in [2.45, 2.75) is 32.4 Å². The highest BCUT2D eigenvalue weighted by Crippen LogP contribution is 2.28. The van der Waals surface area contributed by atoms with E-state index in [9.17, 15) is 9.59 Å². The van der Waals surface area contributed by atoms with E-state index in [2.05, 4.69) is 5.32 Å². The van der Waals surface area contributed by atoms with Crippen molar-refractivity contribution in [2.24, 2.45) is 0 Å². The fourth-order valence-electron chi connectivity index (χ4n) is 3.82. The summed E-state index contributed by atoms with van der Waals surface area (Å²) >= 11 is 7.47. The van der Waals surface area contributed by atoms with Gasteiger partial charge in [-0.1, -0.05) is 54.1 Å². The molecule has 0 fully saturated rings. The molecule has 4 rings (SSSR count). The fourth-order valence-corrected chi connectivity index (χ4v) is 4.73. The van der Waals surface area contributed by atoms with E-state index in [1.54, 1.807) is 50.1 Å². The number of anilines is 1. The summed E-state index contributed by atoms with van der Waals surface area (Å²) < 4.78 is 5.20. The Kier molecular flexibility index (Phi) is 8.26. The maximum atomic E-state index is 13.6. The van der Waals surface area contributed by atoms with Crippen LogP contribution in [0, 0.1) is 0 Å². The SMILES string of the molecule is COc1ccc(NC(=O)C(C)(C)N(Cc2nc(-c3ccc(Cl)cc3)cs2)C(=O)Cc2ccccc2)cc1. The molecule has 8 heteroatoms. The zero-order valence-corrected chi connectivity index (χ0v) is 22.5. The summed E-state index contributed by atoms with van der Waals surface area (Å²) in [6.07, 6.45) is 0.176. The quantitative estimate of drug-likeness (QED) is 0.268. The Balaban J connectivity index is 1.59. The number of ether oxygens (including phenoxy) is 1. The second-order valence-corrected chi connectivity index (χ2v) is 10.4. The van der Waals surface area contributed by atoms with Gasteiger partial charge in [0.1, 0.15) is 16.3 Å². The molecule has 0 aliphatic heterocycles. The Morgan fingerprint density at radius 2 is 1.68 bits per heavy atom. The first-order chi connectivity index (χ1) is 17.8. The van der Waals surface area contributed by atoms with Crippen molar-refractivity contribution in [3.63, 3.8) is 0 Å². The molecule has 3 aromatic carbocycles. The monoisotopic (exact) mass is 533 g/mol. The molecule has 4 aromatic rings. The van der Waals surface area contributed by atoms with Crippen LogP contribution in [0.4, 0.5) is 5.69 Å². The van der Waals surface area contributed by atoms with Crippen molar-refractivity contribution in [3.8, 4) is 17.0 Å². The third kappa shape index (κ3) is 6.56. The molecule has 2 amide bonds. The fraction of sp³-hybridized carbons (Fsp3) is 0.207. The average Bonchev–Trinajstić information content (AvgIpc) is 3.37. The molecule has 190 valence electrons. The van der Waals surface area contributed by atoms with Crippen LogP contribution in [0.15, 0.2) is 84.2 Å². The molecule has 0 radical (unpaired) electrons. The Bertz CT molecular complexity index is 1350. The van der Waals surface area contributed by atoms with Gasteiger partial charge in [0.25, 0.3) is 0 Å².